The van der Waals surface area contributed by atoms with E-state index in [1.807, 2.05) is 0 Å². The number of hydrogen-bond acceptors (Lipinski definition) is 8. The number of carboxylic acid groups (broad SMARTS) is 3. The van der Waals surface area contributed by atoms with Gasteiger partial charge in [0.25, 0.3) is 0 Å². The molecule has 0 aliphatic carbocycles. The van der Waals surface area contributed by atoms with E-state index in [1.54, 1.807) is 6.26 Å². The van der Waals surface area contributed by atoms with Gasteiger partial charge in [0.1, 0.15) is 18.1 Å². The standard InChI is InChI=1S/C18H30N4O9S/c1-9(19)15(27)20-10(3-5-13(23)24)16(28)21-11(4-6-14(25)26)17(29)22-12(18(30)31)7-8-32-2/h9-12H,3-8,19H2,1-2H3,(H,20,27)(H,21,28)(H,22,29)(H,23,24)(H,25,26)(H,30,31). The first kappa shape index (κ1) is 29.1. The van der Waals surface area contributed by atoms with E-state index in [4.69, 9.17) is 15.9 Å². The lowest BCUT2D eigenvalue weighted by atomic mass is 10.1. The van der Waals surface area contributed by atoms with Crippen LogP contribution in [-0.4, -0.2) is 87.1 Å². The molecule has 0 heterocycles. The molecule has 0 aromatic heterocycles. The maximum atomic E-state index is 12.7. The Bertz CT molecular complexity index is 702. The maximum Gasteiger partial charge on any atom is 0.326 e. The van der Waals surface area contributed by atoms with Crippen LogP contribution in [0.1, 0.15) is 39.0 Å². The van der Waals surface area contributed by atoms with Crippen LogP contribution in [0.3, 0.4) is 0 Å². The highest BCUT2D eigenvalue weighted by atomic mass is 32.2. The molecule has 4 atom stereocenters. The fourth-order valence-corrected chi connectivity index (χ4v) is 2.89. The van der Waals surface area contributed by atoms with Gasteiger partial charge in [-0.1, -0.05) is 0 Å². The molecular weight excluding hydrogens is 448 g/mol. The second-order valence-corrected chi connectivity index (χ2v) is 7.94. The van der Waals surface area contributed by atoms with Gasteiger partial charge in [-0.05, 0) is 38.2 Å². The van der Waals surface area contributed by atoms with Crippen molar-refractivity contribution in [3.8, 4) is 0 Å². The minimum absolute atomic E-state index is 0.105. The topological polar surface area (TPSA) is 225 Å². The molecule has 0 fully saturated rings. The molecule has 0 aliphatic heterocycles. The van der Waals surface area contributed by atoms with E-state index in [0.29, 0.717) is 5.75 Å². The normalized spacial score (nSPS) is 14.3. The van der Waals surface area contributed by atoms with E-state index in [9.17, 15) is 33.9 Å². The summed E-state index contributed by atoms with van der Waals surface area (Å²) in [5, 5.41) is 33.9. The number of carbonyl (C=O) groups is 6. The number of nitrogens with one attached hydrogen (secondary N) is 3. The van der Waals surface area contributed by atoms with Crippen molar-refractivity contribution < 1.29 is 44.1 Å². The molecule has 0 bridgehead atoms. The number of carboxylic acids is 3. The van der Waals surface area contributed by atoms with E-state index in [-0.39, 0.29) is 19.3 Å². The lowest BCUT2D eigenvalue weighted by molar-refractivity contribution is -0.143. The van der Waals surface area contributed by atoms with Crippen molar-refractivity contribution in [2.24, 2.45) is 5.73 Å². The molecule has 0 saturated carbocycles. The third-order valence-electron chi connectivity index (χ3n) is 4.20. The van der Waals surface area contributed by atoms with E-state index in [2.05, 4.69) is 16.0 Å². The van der Waals surface area contributed by atoms with E-state index in [1.165, 1.54) is 18.7 Å². The predicted molar refractivity (Wildman–Crippen MR) is 114 cm³/mol. The zero-order chi connectivity index (χ0) is 24.8. The Morgan fingerprint density at radius 2 is 1.16 bits per heavy atom. The van der Waals surface area contributed by atoms with Gasteiger partial charge < -0.3 is 37.0 Å². The van der Waals surface area contributed by atoms with Crippen LogP contribution in [-0.2, 0) is 28.8 Å². The average Bonchev–Trinajstić information content (AvgIpc) is 2.69. The quantitative estimate of drug-likeness (QED) is 0.133. The molecule has 32 heavy (non-hydrogen) atoms. The summed E-state index contributed by atoms with van der Waals surface area (Å²) in [6.45, 7) is 1.35. The van der Waals surface area contributed by atoms with Gasteiger partial charge in [0.05, 0.1) is 6.04 Å². The van der Waals surface area contributed by atoms with Crippen molar-refractivity contribution in [3.05, 3.63) is 0 Å². The Kier molecular flexibility index (Phi) is 13.7. The highest BCUT2D eigenvalue weighted by Gasteiger charge is 2.30. The smallest absolute Gasteiger partial charge is 0.326 e. The Balaban J connectivity index is 5.49. The Hall–Kier alpha value is -2.87. The van der Waals surface area contributed by atoms with Gasteiger partial charge in [-0.25, -0.2) is 4.79 Å². The first-order valence-electron chi connectivity index (χ1n) is 9.71. The van der Waals surface area contributed by atoms with Gasteiger partial charge in [0.15, 0.2) is 0 Å². The molecule has 0 radical (unpaired) electrons. The summed E-state index contributed by atoms with van der Waals surface area (Å²) in [7, 11) is 0. The van der Waals surface area contributed by atoms with Crippen molar-refractivity contribution in [1.82, 2.24) is 16.0 Å². The van der Waals surface area contributed by atoms with Gasteiger partial charge >= 0.3 is 17.9 Å². The zero-order valence-corrected chi connectivity index (χ0v) is 18.6. The van der Waals surface area contributed by atoms with Crippen molar-refractivity contribution in [2.45, 2.75) is 63.2 Å². The van der Waals surface area contributed by atoms with Gasteiger partial charge in [0.2, 0.25) is 17.7 Å². The summed E-state index contributed by atoms with van der Waals surface area (Å²) in [6.07, 6.45) is 0.219. The van der Waals surface area contributed by atoms with Crippen molar-refractivity contribution in [1.29, 1.82) is 0 Å². The Labute approximate surface area is 188 Å². The molecule has 13 nitrogen and oxygen atoms in total. The van der Waals surface area contributed by atoms with E-state index < -0.39 is 72.6 Å². The number of hydrogen-bond donors (Lipinski definition) is 7. The monoisotopic (exact) mass is 478 g/mol. The molecule has 3 amide bonds. The number of aliphatic carboxylic acids is 3. The number of carbonyl (C=O) groups excluding carboxylic acids is 3. The SMILES string of the molecule is CSCCC(NC(=O)C(CCC(=O)O)NC(=O)C(CCC(=O)O)NC(=O)C(C)N)C(=O)O. The van der Waals surface area contributed by atoms with Crippen LogP contribution in [0.4, 0.5) is 0 Å². The third-order valence-corrected chi connectivity index (χ3v) is 4.84. The summed E-state index contributed by atoms with van der Waals surface area (Å²) in [5.74, 6) is -5.91. The average molecular weight is 479 g/mol. The van der Waals surface area contributed by atoms with Crippen LogP contribution < -0.4 is 21.7 Å². The third kappa shape index (κ3) is 12.1. The van der Waals surface area contributed by atoms with Crippen LogP contribution in [0.25, 0.3) is 0 Å². The van der Waals surface area contributed by atoms with Crippen LogP contribution in [0.15, 0.2) is 0 Å². The first-order chi connectivity index (χ1) is 14.9. The second-order valence-electron chi connectivity index (χ2n) is 6.96. The van der Waals surface area contributed by atoms with Crippen LogP contribution in [0, 0.1) is 0 Å². The van der Waals surface area contributed by atoms with Gasteiger partial charge in [0, 0.05) is 12.8 Å². The summed E-state index contributed by atoms with van der Waals surface area (Å²) in [4.78, 5) is 70.3. The molecule has 14 heteroatoms. The molecular formula is C18H30N4O9S. The lowest BCUT2D eigenvalue weighted by Gasteiger charge is -2.24. The fraction of sp³-hybridized carbons (Fsp3) is 0.667. The van der Waals surface area contributed by atoms with E-state index >= 15 is 0 Å². The molecule has 4 unspecified atom stereocenters. The zero-order valence-electron chi connectivity index (χ0n) is 17.8. The van der Waals surface area contributed by atoms with Crippen molar-refractivity contribution >= 4 is 47.4 Å². The molecule has 0 aliphatic rings. The minimum atomic E-state index is -1.42. The summed E-state index contributed by atoms with van der Waals surface area (Å²) >= 11 is 1.37. The molecule has 0 aromatic carbocycles. The molecule has 0 rings (SSSR count). The summed E-state index contributed by atoms with van der Waals surface area (Å²) < 4.78 is 0. The number of thioether (sulfide) groups is 1. The van der Waals surface area contributed by atoms with Crippen molar-refractivity contribution in [3.63, 3.8) is 0 Å². The summed E-state index contributed by atoms with van der Waals surface area (Å²) in [6, 6.07) is -5.01. The molecule has 182 valence electrons. The molecule has 8 N–H and O–H groups in total. The van der Waals surface area contributed by atoms with Gasteiger partial charge in [-0.3, -0.25) is 24.0 Å². The molecule has 0 aromatic rings. The highest BCUT2D eigenvalue weighted by molar-refractivity contribution is 7.98. The maximum absolute atomic E-state index is 12.7. The summed E-state index contributed by atoms with van der Waals surface area (Å²) in [5.41, 5.74) is 5.45. The van der Waals surface area contributed by atoms with Crippen molar-refractivity contribution in [2.75, 3.05) is 12.0 Å². The Morgan fingerprint density at radius 3 is 1.50 bits per heavy atom. The number of amides is 3. The Morgan fingerprint density at radius 1 is 0.750 bits per heavy atom. The largest absolute Gasteiger partial charge is 0.481 e. The van der Waals surface area contributed by atoms with Gasteiger partial charge in [-0.15, -0.1) is 0 Å². The van der Waals surface area contributed by atoms with E-state index in [0.717, 1.165) is 0 Å². The molecule has 0 spiro atoms. The second kappa shape index (κ2) is 15.0. The number of nitrogens with two attached hydrogens (primary N) is 1. The lowest BCUT2D eigenvalue weighted by Crippen LogP contribution is -2.57. The number of rotatable bonds is 16. The highest BCUT2D eigenvalue weighted by Crippen LogP contribution is 2.06. The van der Waals surface area contributed by atoms with Crippen LogP contribution in [0.5, 0.6) is 0 Å². The first-order valence-corrected chi connectivity index (χ1v) is 11.1. The van der Waals surface area contributed by atoms with Gasteiger partial charge in [-0.2, -0.15) is 11.8 Å². The van der Waals surface area contributed by atoms with Crippen LogP contribution in [0.2, 0.25) is 0 Å². The minimum Gasteiger partial charge on any atom is -0.481 e. The molecule has 0 saturated heterocycles. The van der Waals surface area contributed by atoms with Crippen LogP contribution >= 0.6 is 11.8 Å². The predicted octanol–water partition coefficient (Wildman–Crippen LogP) is -1.64. The fourth-order valence-electron chi connectivity index (χ4n) is 2.41.